The molecule has 112 valence electrons. The van der Waals surface area contributed by atoms with E-state index in [0.29, 0.717) is 22.9 Å². The van der Waals surface area contributed by atoms with Crippen LogP contribution in [0.4, 0.5) is 0 Å². The van der Waals surface area contributed by atoms with E-state index in [0.717, 1.165) is 11.5 Å². The fourth-order valence-electron chi connectivity index (χ4n) is 3.08. The summed E-state index contributed by atoms with van der Waals surface area (Å²) >= 11 is 0. The van der Waals surface area contributed by atoms with Crippen molar-refractivity contribution in [3.8, 4) is 11.5 Å². The highest BCUT2D eigenvalue weighted by Gasteiger charge is 2.64. The summed E-state index contributed by atoms with van der Waals surface area (Å²) in [5.74, 6) is 1.56. The summed E-state index contributed by atoms with van der Waals surface area (Å²) in [7, 11) is 3.33. The van der Waals surface area contributed by atoms with Gasteiger partial charge in [-0.05, 0) is 35.4 Å². The Morgan fingerprint density at radius 3 is 2.00 bits per heavy atom. The molecule has 20 heavy (non-hydrogen) atoms. The number of benzene rings is 1. The molecule has 1 aliphatic rings. The van der Waals surface area contributed by atoms with Crippen LogP contribution < -0.4 is 14.8 Å². The molecule has 1 saturated carbocycles. The molecule has 0 radical (unpaired) electrons. The van der Waals surface area contributed by atoms with Gasteiger partial charge in [0.05, 0.1) is 14.2 Å². The van der Waals surface area contributed by atoms with Crippen LogP contribution in [0.3, 0.4) is 0 Å². The van der Waals surface area contributed by atoms with E-state index in [-0.39, 0.29) is 0 Å². The molecule has 3 nitrogen and oxygen atoms in total. The van der Waals surface area contributed by atoms with Gasteiger partial charge in [-0.25, -0.2) is 0 Å². The highest BCUT2D eigenvalue weighted by Crippen LogP contribution is 2.63. The fraction of sp³-hybridized carbons (Fsp3) is 0.647. The zero-order chi connectivity index (χ0) is 15.1. The maximum atomic E-state index is 5.38. The molecule has 1 N–H and O–H groups in total. The summed E-state index contributed by atoms with van der Waals surface area (Å²) in [5.41, 5.74) is 1.91. The van der Waals surface area contributed by atoms with Gasteiger partial charge in [0.2, 0.25) is 0 Å². The third-order valence-electron chi connectivity index (χ3n) is 5.34. The molecule has 0 amide bonds. The maximum absolute atomic E-state index is 5.38. The second-order valence-corrected chi connectivity index (χ2v) is 6.88. The van der Waals surface area contributed by atoms with Gasteiger partial charge >= 0.3 is 0 Å². The predicted octanol–water partition coefficient (Wildman–Crippen LogP) is 3.79. The number of nitrogens with one attached hydrogen (secondary N) is 1. The first-order valence-corrected chi connectivity index (χ1v) is 7.23. The van der Waals surface area contributed by atoms with E-state index in [1.807, 2.05) is 6.07 Å². The van der Waals surface area contributed by atoms with Crippen molar-refractivity contribution in [3.63, 3.8) is 0 Å². The highest BCUT2D eigenvalue weighted by molar-refractivity contribution is 5.43. The van der Waals surface area contributed by atoms with Gasteiger partial charge in [-0.3, -0.25) is 0 Å². The van der Waals surface area contributed by atoms with Crippen LogP contribution in [0.25, 0.3) is 0 Å². The molecule has 0 spiro atoms. The Bertz CT molecular complexity index is 480. The maximum Gasteiger partial charge on any atom is 0.161 e. The third-order valence-corrected chi connectivity index (χ3v) is 5.34. The van der Waals surface area contributed by atoms with Crippen molar-refractivity contribution in [3.05, 3.63) is 23.8 Å². The molecule has 1 aromatic carbocycles. The lowest BCUT2D eigenvalue weighted by Gasteiger charge is -2.18. The van der Waals surface area contributed by atoms with Crippen LogP contribution in [0.1, 0.15) is 46.2 Å². The number of rotatable bonds is 5. The Hall–Kier alpha value is -1.22. The van der Waals surface area contributed by atoms with Crippen molar-refractivity contribution < 1.29 is 9.47 Å². The number of hydrogen-bond acceptors (Lipinski definition) is 3. The van der Waals surface area contributed by atoms with Crippen molar-refractivity contribution in [1.82, 2.24) is 5.32 Å². The Labute approximate surface area is 122 Å². The van der Waals surface area contributed by atoms with Gasteiger partial charge in [-0.1, -0.05) is 33.8 Å². The molecule has 0 heterocycles. The van der Waals surface area contributed by atoms with E-state index >= 15 is 0 Å². The molecule has 0 aliphatic heterocycles. The fourth-order valence-corrected chi connectivity index (χ4v) is 3.08. The Kier molecular flexibility index (Phi) is 3.76. The van der Waals surface area contributed by atoms with Crippen molar-refractivity contribution in [2.45, 2.75) is 46.7 Å². The molecular formula is C17H27NO2. The van der Waals surface area contributed by atoms with Crippen LogP contribution in [-0.4, -0.2) is 20.3 Å². The van der Waals surface area contributed by atoms with Gasteiger partial charge in [0.1, 0.15) is 0 Å². The minimum atomic E-state index is 0.292. The zero-order valence-electron chi connectivity index (χ0n) is 13.7. The largest absolute Gasteiger partial charge is 0.493 e. The molecule has 1 aromatic rings. The summed E-state index contributed by atoms with van der Waals surface area (Å²) in [6.07, 6.45) is 0. The van der Waals surface area contributed by atoms with Crippen LogP contribution in [-0.2, 0) is 0 Å². The molecule has 0 aromatic heterocycles. The van der Waals surface area contributed by atoms with E-state index in [1.54, 1.807) is 14.2 Å². The number of ether oxygens (including phenoxy) is 2. The van der Waals surface area contributed by atoms with E-state index in [2.05, 4.69) is 52.1 Å². The van der Waals surface area contributed by atoms with E-state index in [9.17, 15) is 0 Å². The summed E-state index contributed by atoms with van der Waals surface area (Å²) in [5, 5.41) is 3.74. The smallest absolute Gasteiger partial charge is 0.161 e. The number of hydrogen-bond donors (Lipinski definition) is 1. The average Bonchev–Trinajstić information content (AvgIpc) is 2.80. The number of methoxy groups -OCH3 is 2. The first-order valence-electron chi connectivity index (χ1n) is 7.23. The second kappa shape index (κ2) is 4.96. The molecule has 3 heteroatoms. The highest BCUT2D eigenvalue weighted by atomic mass is 16.5. The predicted molar refractivity (Wildman–Crippen MR) is 82.4 cm³/mol. The molecule has 1 unspecified atom stereocenters. The lowest BCUT2D eigenvalue weighted by Crippen LogP contribution is -2.25. The van der Waals surface area contributed by atoms with Gasteiger partial charge < -0.3 is 14.8 Å². The second-order valence-electron chi connectivity index (χ2n) is 6.88. The van der Waals surface area contributed by atoms with Gasteiger partial charge in [-0.2, -0.15) is 0 Å². The van der Waals surface area contributed by atoms with Gasteiger partial charge in [0, 0.05) is 12.1 Å². The monoisotopic (exact) mass is 277 g/mol. The summed E-state index contributed by atoms with van der Waals surface area (Å²) in [6, 6.07) is 6.95. The van der Waals surface area contributed by atoms with Gasteiger partial charge in [0.25, 0.3) is 0 Å². The SMILES string of the molecule is COc1ccc(C(C)NC2C(C)(C)C2(C)C)cc1OC. The van der Waals surface area contributed by atoms with Crippen LogP contribution in [0.15, 0.2) is 18.2 Å². The lowest BCUT2D eigenvalue weighted by atomic mass is 10.0. The first kappa shape index (κ1) is 15.2. The minimum absolute atomic E-state index is 0.292. The molecular weight excluding hydrogens is 250 g/mol. The van der Waals surface area contributed by atoms with Crippen LogP contribution >= 0.6 is 0 Å². The van der Waals surface area contributed by atoms with E-state index in [1.165, 1.54) is 5.56 Å². The normalized spacial score (nSPS) is 21.4. The third kappa shape index (κ3) is 2.28. The van der Waals surface area contributed by atoms with Gasteiger partial charge in [0.15, 0.2) is 11.5 Å². The van der Waals surface area contributed by atoms with E-state index < -0.39 is 0 Å². The molecule has 0 saturated heterocycles. The summed E-state index contributed by atoms with van der Waals surface area (Å²) in [4.78, 5) is 0. The standard InChI is InChI=1S/C17H27NO2/c1-11(18-15-16(2,3)17(15,4)5)12-8-9-13(19-6)14(10-12)20-7/h8-11,15,18H,1-7H3. The molecule has 1 aliphatic carbocycles. The molecule has 1 atom stereocenters. The average molecular weight is 277 g/mol. The van der Waals surface area contributed by atoms with Gasteiger partial charge in [-0.15, -0.1) is 0 Å². The molecule has 1 fully saturated rings. The van der Waals surface area contributed by atoms with Crippen molar-refractivity contribution >= 4 is 0 Å². The Balaban J connectivity index is 2.13. The lowest BCUT2D eigenvalue weighted by molar-refractivity contribution is 0.353. The Morgan fingerprint density at radius 2 is 1.55 bits per heavy atom. The summed E-state index contributed by atoms with van der Waals surface area (Å²) < 4.78 is 10.7. The van der Waals surface area contributed by atoms with Crippen molar-refractivity contribution in [1.29, 1.82) is 0 Å². The summed E-state index contributed by atoms with van der Waals surface area (Å²) in [6.45, 7) is 11.5. The van der Waals surface area contributed by atoms with Crippen LogP contribution in [0.5, 0.6) is 11.5 Å². The zero-order valence-corrected chi connectivity index (χ0v) is 13.7. The quantitative estimate of drug-likeness (QED) is 0.888. The Morgan fingerprint density at radius 1 is 1.00 bits per heavy atom. The van der Waals surface area contributed by atoms with Crippen LogP contribution in [0.2, 0.25) is 0 Å². The minimum Gasteiger partial charge on any atom is -0.493 e. The van der Waals surface area contributed by atoms with Crippen molar-refractivity contribution in [2.24, 2.45) is 10.8 Å². The van der Waals surface area contributed by atoms with E-state index in [4.69, 9.17) is 9.47 Å². The molecule has 0 bridgehead atoms. The topological polar surface area (TPSA) is 30.5 Å². The first-order chi connectivity index (χ1) is 9.25. The van der Waals surface area contributed by atoms with Crippen LogP contribution in [0, 0.1) is 10.8 Å². The van der Waals surface area contributed by atoms with Crippen molar-refractivity contribution in [2.75, 3.05) is 14.2 Å². The molecule has 2 rings (SSSR count).